The SMILES string of the molecule is C#CCOc1ccc(C(=O)N2CC=C(C(F)(F)F)CC2)cc1. The van der Waals surface area contributed by atoms with Crippen molar-refractivity contribution in [1.29, 1.82) is 0 Å². The van der Waals surface area contributed by atoms with Crippen molar-refractivity contribution >= 4 is 5.91 Å². The molecular formula is C16H14F3NO2. The first-order valence-electron chi connectivity index (χ1n) is 6.63. The van der Waals surface area contributed by atoms with Crippen molar-refractivity contribution in [3.63, 3.8) is 0 Å². The fourth-order valence-corrected chi connectivity index (χ4v) is 2.11. The van der Waals surface area contributed by atoms with Crippen LogP contribution in [0, 0.1) is 12.3 Å². The molecule has 1 amide bonds. The Bertz CT molecular complexity index is 612. The molecule has 0 fully saturated rings. The molecule has 0 aliphatic carbocycles. The molecule has 1 aromatic rings. The Morgan fingerprint density at radius 1 is 1.32 bits per heavy atom. The number of halogens is 3. The Balaban J connectivity index is 2.01. The van der Waals surface area contributed by atoms with Crippen LogP contribution in [0.5, 0.6) is 5.75 Å². The van der Waals surface area contributed by atoms with Crippen LogP contribution < -0.4 is 4.74 Å². The van der Waals surface area contributed by atoms with Gasteiger partial charge in [-0.05, 0) is 30.7 Å². The first-order chi connectivity index (χ1) is 10.4. The minimum atomic E-state index is -4.31. The summed E-state index contributed by atoms with van der Waals surface area (Å²) in [6.45, 7) is 0.146. The third-order valence-corrected chi connectivity index (χ3v) is 3.28. The minimum absolute atomic E-state index is 0.0387. The number of rotatable bonds is 3. The van der Waals surface area contributed by atoms with Crippen LogP contribution in [0.2, 0.25) is 0 Å². The summed E-state index contributed by atoms with van der Waals surface area (Å²) in [5.74, 6) is 2.56. The third-order valence-electron chi connectivity index (χ3n) is 3.28. The number of benzene rings is 1. The molecule has 0 saturated heterocycles. The number of terminal acetylenes is 1. The topological polar surface area (TPSA) is 29.5 Å². The lowest BCUT2D eigenvalue weighted by molar-refractivity contribution is -0.0957. The van der Waals surface area contributed by atoms with E-state index >= 15 is 0 Å². The molecule has 0 atom stereocenters. The van der Waals surface area contributed by atoms with Crippen LogP contribution in [-0.4, -0.2) is 36.7 Å². The van der Waals surface area contributed by atoms with Crippen molar-refractivity contribution in [3.05, 3.63) is 41.5 Å². The number of hydrogen-bond donors (Lipinski definition) is 0. The molecule has 1 aliphatic heterocycles. The number of carbonyl (C=O) groups excluding carboxylic acids is 1. The van der Waals surface area contributed by atoms with Crippen LogP contribution in [0.1, 0.15) is 16.8 Å². The molecule has 1 heterocycles. The summed E-state index contributed by atoms with van der Waals surface area (Å²) in [7, 11) is 0. The average molecular weight is 309 g/mol. The van der Waals surface area contributed by atoms with Crippen molar-refractivity contribution in [2.24, 2.45) is 0 Å². The lowest BCUT2D eigenvalue weighted by Crippen LogP contribution is -2.36. The van der Waals surface area contributed by atoms with Crippen LogP contribution >= 0.6 is 0 Å². The zero-order chi connectivity index (χ0) is 16.2. The van der Waals surface area contributed by atoms with Gasteiger partial charge in [0, 0.05) is 24.2 Å². The standard InChI is InChI=1S/C16H14F3NO2/c1-2-11-22-14-5-3-12(4-6-14)15(21)20-9-7-13(8-10-20)16(17,18)19/h1,3-7H,8-11H2. The molecule has 0 unspecified atom stereocenters. The molecule has 6 heteroatoms. The smallest absolute Gasteiger partial charge is 0.412 e. The number of alkyl halides is 3. The van der Waals surface area contributed by atoms with E-state index in [-0.39, 0.29) is 32.0 Å². The van der Waals surface area contributed by atoms with Gasteiger partial charge in [0.05, 0.1) is 0 Å². The Morgan fingerprint density at radius 2 is 2.00 bits per heavy atom. The van der Waals surface area contributed by atoms with Gasteiger partial charge in [0.2, 0.25) is 0 Å². The number of carbonyl (C=O) groups is 1. The maximum atomic E-state index is 12.5. The Kier molecular flexibility index (Phi) is 4.76. The zero-order valence-electron chi connectivity index (χ0n) is 11.7. The summed E-state index contributed by atoms with van der Waals surface area (Å²) >= 11 is 0. The number of nitrogens with zero attached hydrogens (tertiary/aromatic N) is 1. The molecule has 116 valence electrons. The molecule has 0 N–H and O–H groups in total. The lowest BCUT2D eigenvalue weighted by atomic mass is 10.1. The molecular weight excluding hydrogens is 295 g/mol. The highest BCUT2D eigenvalue weighted by Crippen LogP contribution is 2.30. The van der Waals surface area contributed by atoms with E-state index in [2.05, 4.69) is 5.92 Å². The largest absolute Gasteiger partial charge is 0.481 e. The van der Waals surface area contributed by atoms with Gasteiger partial charge in [-0.1, -0.05) is 12.0 Å². The maximum absolute atomic E-state index is 12.5. The molecule has 0 spiro atoms. The molecule has 1 aromatic carbocycles. The second-order valence-electron chi connectivity index (χ2n) is 4.75. The molecule has 22 heavy (non-hydrogen) atoms. The highest BCUT2D eigenvalue weighted by Gasteiger charge is 2.35. The monoisotopic (exact) mass is 309 g/mol. The fourth-order valence-electron chi connectivity index (χ4n) is 2.11. The van der Waals surface area contributed by atoms with Crippen LogP contribution in [0.15, 0.2) is 35.9 Å². The Morgan fingerprint density at radius 3 is 2.50 bits per heavy atom. The summed E-state index contributed by atoms with van der Waals surface area (Å²) in [6, 6.07) is 6.34. The predicted octanol–water partition coefficient (Wildman–Crippen LogP) is 3.03. The van der Waals surface area contributed by atoms with Gasteiger partial charge in [0.15, 0.2) is 0 Å². The third kappa shape index (κ3) is 3.82. The highest BCUT2D eigenvalue weighted by molar-refractivity contribution is 5.94. The summed E-state index contributed by atoms with van der Waals surface area (Å²) < 4.78 is 42.8. The lowest BCUT2D eigenvalue weighted by Gasteiger charge is -2.27. The van der Waals surface area contributed by atoms with Crippen molar-refractivity contribution in [1.82, 2.24) is 4.90 Å². The molecule has 2 rings (SSSR count). The van der Waals surface area contributed by atoms with Gasteiger partial charge < -0.3 is 9.64 Å². The van der Waals surface area contributed by atoms with E-state index in [0.29, 0.717) is 11.3 Å². The molecule has 3 nitrogen and oxygen atoms in total. The molecule has 0 aromatic heterocycles. The normalized spacial score (nSPS) is 15.0. The molecule has 0 bridgehead atoms. The zero-order valence-corrected chi connectivity index (χ0v) is 11.7. The first kappa shape index (κ1) is 16.0. The van der Waals surface area contributed by atoms with Crippen LogP contribution in [0.25, 0.3) is 0 Å². The van der Waals surface area contributed by atoms with Crippen LogP contribution in [0.4, 0.5) is 13.2 Å². The Hall–Kier alpha value is -2.42. The van der Waals surface area contributed by atoms with Crippen molar-refractivity contribution in [3.8, 4) is 18.1 Å². The van der Waals surface area contributed by atoms with E-state index < -0.39 is 11.7 Å². The van der Waals surface area contributed by atoms with Crippen molar-refractivity contribution in [2.45, 2.75) is 12.6 Å². The quantitative estimate of drug-likeness (QED) is 0.634. The fraction of sp³-hybridized carbons (Fsp3) is 0.312. The van der Waals surface area contributed by atoms with E-state index in [1.54, 1.807) is 24.3 Å². The second-order valence-corrected chi connectivity index (χ2v) is 4.75. The second kappa shape index (κ2) is 6.56. The van der Waals surface area contributed by atoms with Gasteiger partial charge in [-0.2, -0.15) is 13.2 Å². The maximum Gasteiger partial charge on any atom is 0.412 e. The van der Waals surface area contributed by atoms with Gasteiger partial charge in [-0.25, -0.2) is 0 Å². The van der Waals surface area contributed by atoms with Gasteiger partial charge in [-0.3, -0.25) is 4.79 Å². The molecule has 0 saturated carbocycles. The first-order valence-corrected chi connectivity index (χ1v) is 6.63. The van der Waals surface area contributed by atoms with Gasteiger partial charge in [0.25, 0.3) is 5.91 Å². The number of ether oxygens (including phenoxy) is 1. The van der Waals surface area contributed by atoms with Crippen LogP contribution in [0.3, 0.4) is 0 Å². The van der Waals surface area contributed by atoms with E-state index in [0.717, 1.165) is 6.08 Å². The number of hydrogen-bond acceptors (Lipinski definition) is 2. The van der Waals surface area contributed by atoms with E-state index in [9.17, 15) is 18.0 Å². The van der Waals surface area contributed by atoms with Crippen molar-refractivity contribution in [2.75, 3.05) is 19.7 Å². The average Bonchev–Trinajstić information content (AvgIpc) is 2.52. The van der Waals surface area contributed by atoms with Crippen LogP contribution in [-0.2, 0) is 0 Å². The summed E-state index contributed by atoms with van der Waals surface area (Å²) in [4.78, 5) is 13.6. The molecule has 1 aliphatic rings. The van der Waals surface area contributed by atoms with Gasteiger partial charge in [-0.15, -0.1) is 6.42 Å². The van der Waals surface area contributed by atoms with E-state index in [4.69, 9.17) is 11.2 Å². The van der Waals surface area contributed by atoms with Gasteiger partial charge >= 0.3 is 6.18 Å². The molecule has 0 radical (unpaired) electrons. The highest BCUT2D eigenvalue weighted by atomic mass is 19.4. The predicted molar refractivity (Wildman–Crippen MR) is 75.4 cm³/mol. The summed E-state index contributed by atoms with van der Waals surface area (Å²) in [5, 5.41) is 0. The van der Waals surface area contributed by atoms with E-state index in [1.165, 1.54) is 4.90 Å². The summed E-state index contributed by atoms with van der Waals surface area (Å²) in [5.41, 5.74) is -0.175. The van der Waals surface area contributed by atoms with Gasteiger partial charge in [0.1, 0.15) is 12.4 Å². The number of amides is 1. The van der Waals surface area contributed by atoms with Crippen molar-refractivity contribution < 1.29 is 22.7 Å². The van der Waals surface area contributed by atoms with E-state index in [1.807, 2.05) is 0 Å². The summed E-state index contributed by atoms with van der Waals surface area (Å²) in [6.07, 6.45) is 1.64. The Labute approximate surface area is 126 Å². The minimum Gasteiger partial charge on any atom is -0.481 e.